The third-order valence-corrected chi connectivity index (χ3v) is 5.16. The molecule has 1 N–H and O–H groups in total. The molecule has 0 bridgehead atoms. The van der Waals surface area contributed by atoms with E-state index in [0.717, 1.165) is 5.56 Å². The maximum Gasteiger partial charge on any atom is 0.265 e. The second-order valence-electron chi connectivity index (χ2n) is 5.79. The molecule has 0 spiro atoms. The van der Waals surface area contributed by atoms with Gasteiger partial charge in [0.05, 0.1) is 6.20 Å². The molecule has 6 nitrogen and oxygen atoms in total. The van der Waals surface area contributed by atoms with Crippen molar-refractivity contribution in [2.45, 2.75) is 31.6 Å². The first-order valence-corrected chi connectivity index (χ1v) is 8.99. The number of nitrogens with zero attached hydrogens (tertiary/aromatic N) is 1. The number of hydrogen-bond acceptors (Lipinski definition) is 5. The molecule has 3 rings (SSSR count). The molecule has 0 aliphatic carbocycles. The normalized spacial score (nSPS) is 11.8. The molecule has 0 aliphatic rings. The lowest BCUT2D eigenvalue weighted by molar-refractivity contribution is 0.414. The number of anilines is 1. The van der Waals surface area contributed by atoms with E-state index in [1.165, 1.54) is 12.3 Å². The zero-order valence-corrected chi connectivity index (χ0v) is 14.4. The summed E-state index contributed by atoms with van der Waals surface area (Å²) in [6.07, 6.45) is 1.47. The highest BCUT2D eigenvalue weighted by Crippen LogP contribution is 2.29. The van der Waals surface area contributed by atoms with Crippen molar-refractivity contribution >= 4 is 15.7 Å². The van der Waals surface area contributed by atoms with Crippen LogP contribution in [0.3, 0.4) is 0 Å². The van der Waals surface area contributed by atoms with E-state index in [2.05, 4.69) is 23.7 Å². The van der Waals surface area contributed by atoms with Crippen molar-refractivity contribution in [1.82, 2.24) is 5.16 Å². The topological polar surface area (TPSA) is 85.3 Å². The summed E-state index contributed by atoms with van der Waals surface area (Å²) in [5.74, 6) is 1.37. The lowest BCUT2D eigenvalue weighted by Crippen LogP contribution is -2.13. The van der Waals surface area contributed by atoms with E-state index in [9.17, 15) is 8.42 Å². The lowest BCUT2D eigenvalue weighted by atomic mass is 10.0. The molecule has 0 radical (unpaired) electrons. The van der Waals surface area contributed by atoms with Crippen LogP contribution in [0.25, 0.3) is 11.5 Å². The third kappa shape index (κ3) is 3.21. The molecule has 0 fully saturated rings. The Hall–Kier alpha value is -2.54. The van der Waals surface area contributed by atoms with Gasteiger partial charge in [-0.2, -0.15) is 0 Å². The summed E-state index contributed by atoms with van der Waals surface area (Å²) in [7, 11) is -3.75. The largest absolute Gasteiger partial charge is 0.456 e. The van der Waals surface area contributed by atoms with Crippen LogP contribution in [0.1, 0.15) is 31.1 Å². The van der Waals surface area contributed by atoms with Crippen molar-refractivity contribution in [3.05, 3.63) is 53.9 Å². The molecule has 0 saturated carbocycles. The van der Waals surface area contributed by atoms with Gasteiger partial charge in [-0.1, -0.05) is 31.1 Å². The molecule has 0 amide bonds. The molecule has 2 aromatic heterocycles. The Morgan fingerprint density at radius 3 is 2.38 bits per heavy atom. The average Bonchev–Trinajstić information content (AvgIpc) is 3.16. The Morgan fingerprint density at radius 1 is 1.08 bits per heavy atom. The first kappa shape index (κ1) is 16.3. The first-order valence-electron chi connectivity index (χ1n) is 7.51. The number of aromatic nitrogens is 1. The van der Waals surface area contributed by atoms with Gasteiger partial charge in [-0.15, -0.1) is 0 Å². The minimum absolute atomic E-state index is 0.0711. The van der Waals surface area contributed by atoms with Crippen LogP contribution in [0.4, 0.5) is 5.69 Å². The van der Waals surface area contributed by atoms with Gasteiger partial charge >= 0.3 is 0 Å². The van der Waals surface area contributed by atoms with Crippen molar-refractivity contribution in [1.29, 1.82) is 0 Å². The highest BCUT2D eigenvalue weighted by atomic mass is 32.2. The van der Waals surface area contributed by atoms with Crippen LogP contribution in [0.15, 0.2) is 56.4 Å². The molecule has 0 aliphatic heterocycles. The molecule has 1 aromatic carbocycles. The van der Waals surface area contributed by atoms with Crippen molar-refractivity contribution in [2.24, 2.45) is 0 Å². The fourth-order valence-corrected chi connectivity index (χ4v) is 3.58. The summed E-state index contributed by atoms with van der Waals surface area (Å²) in [5.41, 5.74) is 1.64. The van der Waals surface area contributed by atoms with Crippen molar-refractivity contribution in [2.75, 3.05) is 4.72 Å². The van der Waals surface area contributed by atoms with E-state index in [1.807, 2.05) is 12.1 Å². The molecule has 0 saturated heterocycles. The second-order valence-corrected chi connectivity index (χ2v) is 7.44. The SMILES string of the molecule is Cc1oc(-c2ccno2)cc1S(=O)(=O)Nc1ccc(C(C)C)cc1. The Labute approximate surface area is 140 Å². The monoisotopic (exact) mass is 346 g/mol. The van der Waals surface area contributed by atoms with Crippen LogP contribution in [0.5, 0.6) is 0 Å². The minimum atomic E-state index is -3.75. The van der Waals surface area contributed by atoms with Crippen LogP contribution in [0, 0.1) is 6.92 Å². The van der Waals surface area contributed by atoms with Gasteiger partial charge in [0.15, 0.2) is 5.76 Å². The lowest BCUT2D eigenvalue weighted by Gasteiger charge is -2.09. The van der Waals surface area contributed by atoms with Gasteiger partial charge in [0.25, 0.3) is 10.0 Å². The van der Waals surface area contributed by atoms with Gasteiger partial charge in [-0.05, 0) is 30.5 Å². The van der Waals surface area contributed by atoms with E-state index < -0.39 is 10.0 Å². The van der Waals surface area contributed by atoms with Gasteiger partial charge < -0.3 is 8.94 Å². The quantitative estimate of drug-likeness (QED) is 0.749. The van der Waals surface area contributed by atoms with Gasteiger partial charge in [0.2, 0.25) is 5.76 Å². The van der Waals surface area contributed by atoms with Crippen LogP contribution >= 0.6 is 0 Å². The van der Waals surface area contributed by atoms with Gasteiger partial charge in [-0.3, -0.25) is 4.72 Å². The summed E-state index contributed by atoms with van der Waals surface area (Å²) >= 11 is 0. The summed E-state index contributed by atoms with van der Waals surface area (Å²) in [4.78, 5) is 0.0711. The number of rotatable bonds is 5. The summed E-state index contributed by atoms with van der Waals surface area (Å²) in [6, 6.07) is 10.3. The average molecular weight is 346 g/mol. The zero-order valence-electron chi connectivity index (χ0n) is 13.6. The summed E-state index contributed by atoms with van der Waals surface area (Å²) < 4.78 is 38.3. The van der Waals surface area contributed by atoms with E-state index in [1.54, 1.807) is 25.1 Å². The van der Waals surface area contributed by atoms with Crippen molar-refractivity contribution < 1.29 is 17.4 Å². The predicted octanol–water partition coefficient (Wildman–Crippen LogP) is 4.17. The second kappa shape index (κ2) is 6.16. The summed E-state index contributed by atoms with van der Waals surface area (Å²) in [6.45, 7) is 5.76. The molecule has 24 heavy (non-hydrogen) atoms. The zero-order chi connectivity index (χ0) is 17.3. The molecular weight excluding hydrogens is 328 g/mol. The third-order valence-electron chi connectivity index (χ3n) is 3.67. The number of benzene rings is 1. The number of furan rings is 1. The molecule has 3 aromatic rings. The number of nitrogens with one attached hydrogen (secondary N) is 1. The van der Waals surface area contributed by atoms with Gasteiger partial charge in [0.1, 0.15) is 10.7 Å². The van der Waals surface area contributed by atoms with Crippen molar-refractivity contribution in [3.63, 3.8) is 0 Å². The molecular formula is C17H18N2O4S. The van der Waals surface area contributed by atoms with Gasteiger partial charge in [-0.25, -0.2) is 8.42 Å². The highest BCUT2D eigenvalue weighted by molar-refractivity contribution is 7.92. The number of aryl methyl sites for hydroxylation is 1. The van der Waals surface area contributed by atoms with Crippen LogP contribution in [0.2, 0.25) is 0 Å². The standard InChI is InChI=1S/C17H18N2O4S/c1-11(2)13-4-6-14(7-5-13)19-24(20,21)17-10-16(22-12(17)3)15-8-9-18-23-15/h4-11,19H,1-3H3. The Balaban J connectivity index is 1.88. The van der Waals surface area contributed by atoms with E-state index in [4.69, 9.17) is 8.94 Å². The Bertz CT molecular complexity index is 924. The summed E-state index contributed by atoms with van der Waals surface area (Å²) in [5, 5.41) is 3.59. The maximum atomic E-state index is 12.6. The van der Waals surface area contributed by atoms with E-state index >= 15 is 0 Å². The van der Waals surface area contributed by atoms with Crippen LogP contribution < -0.4 is 4.72 Å². The van der Waals surface area contributed by atoms with E-state index in [0.29, 0.717) is 23.1 Å². The van der Waals surface area contributed by atoms with Crippen LogP contribution in [-0.2, 0) is 10.0 Å². The number of hydrogen-bond donors (Lipinski definition) is 1. The first-order chi connectivity index (χ1) is 11.4. The molecule has 0 atom stereocenters. The fourth-order valence-electron chi connectivity index (χ4n) is 2.34. The fraction of sp³-hybridized carbons (Fsp3) is 0.235. The van der Waals surface area contributed by atoms with Crippen LogP contribution in [-0.4, -0.2) is 13.6 Å². The minimum Gasteiger partial charge on any atom is -0.456 e. The Morgan fingerprint density at radius 2 is 1.79 bits per heavy atom. The smallest absolute Gasteiger partial charge is 0.265 e. The highest BCUT2D eigenvalue weighted by Gasteiger charge is 2.23. The van der Waals surface area contributed by atoms with Gasteiger partial charge in [0, 0.05) is 17.8 Å². The maximum absolute atomic E-state index is 12.6. The molecule has 0 unspecified atom stereocenters. The van der Waals surface area contributed by atoms with Crippen molar-refractivity contribution in [3.8, 4) is 11.5 Å². The van der Waals surface area contributed by atoms with E-state index in [-0.39, 0.29) is 10.7 Å². The Kier molecular flexibility index (Phi) is 4.19. The predicted molar refractivity (Wildman–Crippen MR) is 90.3 cm³/mol. The molecule has 126 valence electrons. The number of sulfonamides is 1. The molecule has 2 heterocycles. The molecule has 7 heteroatoms.